The zero-order valence-corrected chi connectivity index (χ0v) is 14.2. The van der Waals surface area contributed by atoms with Gasteiger partial charge in [0.15, 0.2) is 0 Å². The summed E-state index contributed by atoms with van der Waals surface area (Å²) in [5, 5.41) is 3.37. The number of carbonyl (C=O) groups is 1. The molecule has 0 aromatic rings. The van der Waals surface area contributed by atoms with Crippen LogP contribution in [-0.2, 0) is 4.79 Å². The molecular weight excluding hydrogens is 258 g/mol. The maximum absolute atomic E-state index is 12.9. The third-order valence-corrected chi connectivity index (χ3v) is 6.32. The predicted octanol–water partition coefficient (Wildman–Crippen LogP) is 4.53. The Balaban J connectivity index is 1.53. The molecule has 2 nitrogen and oxygen atoms in total. The van der Waals surface area contributed by atoms with E-state index >= 15 is 0 Å². The molecular formula is C19H33NO. The van der Waals surface area contributed by atoms with Gasteiger partial charge in [0.25, 0.3) is 0 Å². The summed E-state index contributed by atoms with van der Waals surface area (Å²) in [6.45, 7) is 6.75. The van der Waals surface area contributed by atoms with Crippen molar-refractivity contribution < 1.29 is 4.79 Å². The summed E-state index contributed by atoms with van der Waals surface area (Å²) in [7, 11) is 0. The Morgan fingerprint density at radius 1 is 1.00 bits per heavy atom. The minimum atomic E-state index is 0.0288. The van der Waals surface area contributed by atoms with Gasteiger partial charge >= 0.3 is 0 Å². The molecule has 21 heavy (non-hydrogen) atoms. The van der Waals surface area contributed by atoms with E-state index < -0.39 is 0 Å². The van der Waals surface area contributed by atoms with E-state index in [1.807, 2.05) is 0 Å². The molecule has 0 saturated heterocycles. The molecule has 0 radical (unpaired) electrons. The fourth-order valence-corrected chi connectivity index (χ4v) is 5.67. The Hall–Kier alpha value is -0.530. The molecule has 2 heteroatoms. The van der Waals surface area contributed by atoms with Crippen molar-refractivity contribution >= 4 is 5.91 Å². The third kappa shape index (κ3) is 3.29. The lowest BCUT2D eigenvalue weighted by atomic mass is 9.49. The first-order valence-electron chi connectivity index (χ1n) is 9.28. The SMILES string of the molecule is CC(C)CCCC(C)NC(=O)C12CC3CC(CC(C3)C1)C2. The number of rotatable bonds is 6. The van der Waals surface area contributed by atoms with Gasteiger partial charge in [0.1, 0.15) is 0 Å². The van der Waals surface area contributed by atoms with Crippen LogP contribution in [-0.4, -0.2) is 11.9 Å². The average Bonchev–Trinajstić information content (AvgIpc) is 2.36. The summed E-state index contributed by atoms with van der Waals surface area (Å²) in [6.07, 6.45) is 11.4. The summed E-state index contributed by atoms with van der Waals surface area (Å²) in [5.41, 5.74) is 0.0288. The Kier molecular flexibility index (Phi) is 4.34. The summed E-state index contributed by atoms with van der Waals surface area (Å²) in [5.74, 6) is 3.75. The highest BCUT2D eigenvalue weighted by molar-refractivity contribution is 5.83. The van der Waals surface area contributed by atoms with E-state index in [0.717, 1.165) is 30.1 Å². The molecule has 4 aliphatic rings. The topological polar surface area (TPSA) is 29.1 Å². The third-order valence-electron chi connectivity index (χ3n) is 6.32. The average molecular weight is 291 g/mol. The van der Waals surface area contributed by atoms with Crippen molar-refractivity contribution in [2.75, 3.05) is 0 Å². The molecule has 0 aromatic carbocycles. The highest BCUT2D eigenvalue weighted by atomic mass is 16.2. The summed E-state index contributed by atoms with van der Waals surface area (Å²) in [4.78, 5) is 12.9. The van der Waals surface area contributed by atoms with Gasteiger partial charge in [-0.05, 0) is 75.5 Å². The number of nitrogens with one attached hydrogen (secondary N) is 1. The van der Waals surface area contributed by atoms with Gasteiger partial charge in [-0.2, -0.15) is 0 Å². The van der Waals surface area contributed by atoms with Crippen LogP contribution in [0.4, 0.5) is 0 Å². The summed E-state index contributed by atoms with van der Waals surface area (Å²) >= 11 is 0. The second kappa shape index (κ2) is 5.93. The lowest BCUT2D eigenvalue weighted by Gasteiger charge is -2.55. The Morgan fingerprint density at radius 2 is 1.52 bits per heavy atom. The second-order valence-corrected chi connectivity index (χ2v) is 8.90. The van der Waals surface area contributed by atoms with Crippen molar-refractivity contribution in [2.24, 2.45) is 29.1 Å². The normalized spacial score (nSPS) is 38.8. The van der Waals surface area contributed by atoms with Gasteiger partial charge in [-0.1, -0.05) is 26.7 Å². The van der Waals surface area contributed by atoms with Gasteiger partial charge in [-0.15, -0.1) is 0 Å². The van der Waals surface area contributed by atoms with Crippen LogP contribution in [0.3, 0.4) is 0 Å². The van der Waals surface area contributed by atoms with Crippen LogP contribution in [0.25, 0.3) is 0 Å². The fraction of sp³-hybridized carbons (Fsp3) is 0.947. The molecule has 4 saturated carbocycles. The maximum Gasteiger partial charge on any atom is 0.226 e. The van der Waals surface area contributed by atoms with Crippen molar-refractivity contribution in [2.45, 2.75) is 84.6 Å². The highest BCUT2D eigenvalue weighted by Crippen LogP contribution is 2.60. The zero-order chi connectivity index (χ0) is 15.0. The molecule has 1 unspecified atom stereocenters. The van der Waals surface area contributed by atoms with Crippen LogP contribution in [0.5, 0.6) is 0 Å². The van der Waals surface area contributed by atoms with Crippen LogP contribution in [0, 0.1) is 29.1 Å². The Morgan fingerprint density at radius 3 is 2.00 bits per heavy atom. The minimum Gasteiger partial charge on any atom is -0.353 e. The first-order chi connectivity index (χ1) is 9.97. The van der Waals surface area contributed by atoms with Crippen LogP contribution in [0.1, 0.15) is 78.6 Å². The Labute approximate surface area is 130 Å². The molecule has 120 valence electrons. The van der Waals surface area contributed by atoms with E-state index in [-0.39, 0.29) is 5.41 Å². The fourth-order valence-electron chi connectivity index (χ4n) is 5.67. The molecule has 0 aliphatic heterocycles. The molecule has 0 heterocycles. The first kappa shape index (κ1) is 15.4. The molecule has 1 N–H and O–H groups in total. The van der Waals surface area contributed by atoms with E-state index in [4.69, 9.17) is 0 Å². The lowest BCUT2D eigenvalue weighted by Crippen LogP contribution is -2.54. The largest absolute Gasteiger partial charge is 0.353 e. The van der Waals surface area contributed by atoms with Gasteiger partial charge < -0.3 is 5.32 Å². The molecule has 0 spiro atoms. The molecule has 4 rings (SSSR count). The number of hydrogen-bond donors (Lipinski definition) is 1. The summed E-state index contributed by atoms with van der Waals surface area (Å²) in [6, 6.07) is 0.351. The maximum atomic E-state index is 12.9. The van der Waals surface area contributed by atoms with Gasteiger partial charge in [0.05, 0.1) is 0 Å². The number of hydrogen-bond acceptors (Lipinski definition) is 1. The lowest BCUT2D eigenvalue weighted by molar-refractivity contribution is -0.147. The van der Waals surface area contributed by atoms with Crippen LogP contribution in [0.15, 0.2) is 0 Å². The van der Waals surface area contributed by atoms with Crippen molar-refractivity contribution in [3.8, 4) is 0 Å². The number of carbonyl (C=O) groups excluding carboxylic acids is 1. The van der Waals surface area contributed by atoms with Crippen molar-refractivity contribution in [3.63, 3.8) is 0 Å². The predicted molar refractivity (Wildman–Crippen MR) is 86.9 cm³/mol. The molecule has 0 aromatic heterocycles. The molecule has 4 bridgehead atoms. The Bertz CT molecular complexity index is 352. The minimum absolute atomic E-state index is 0.0288. The quantitative estimate of drug-likeness (QED) is 0.765. The van der Waals surface area contributed by atoms with Crippen molar-refractivity contribution in [3.05, 3.63) is 0 Å². The molecule has 1 atom stereocenters. The smallest absolute Gasteiger partial charge is 0.226 e. The highest BCUT2D eigenvalue weighted by Gasteiger charge is 2.54. The van der Waals surface area contributed by atoms with E-state index in [9.17, 15) is 4.79 Å². The van der Waals surface area contributed by atoms with Crippen LogP contribution < -0.4 is 5.32 Å². The summed E-state index contributed by atoms with van der Waals surface area (Å²) < 4.78 is 0. The van der Waals surface area contributed by atoms with E-state index in [2.05, 4.69) is 26.1 Å². The van der Waals surface area contributed by atoms with E-state index in [1.54, 1.807) is 0 Å². The van der Waals surface area contributed by atoms with E-state index in [0.29, 0.717) is 11.9 Å². The first-order valence-corrected chi connectivity index (χ1v) is 9.28. The van der Waals surface area contributed by atoms with Crippen LogP contribution >= 0.6 is 0 Å². The van der Waals surface area contributed by atoms with Gasteiger partial charge in [-0.25, -0.2) is 0 Å². The monoisotopic (exact) mass is 291 g/mol. The zero-order valence-electron chi connectivity index (χ0n) is 14.2. The number of amides is 1. The molecule has 4 aliphatic carbocycles. The standard InChI is InChI=1S/C19H33NO/c1-13(2)5-4-6-14(3)20-18(21)19-10-15-7-16(11-19)9-17(8-15)12-19/h13-17H,4-12H2,1-3H3,(H,20,21). The van der Waals surface area contributed by atoms with Crippen molar-refractivity contribution in [1.29, 1.82) is 0 Å². The van der Waals surface area contributed by atoms with Gasteiger partial charge in [0, 0.05) is 11.5 Å². The van der Waals surface area contributed by atoms with E-state index in [1.165, 1.54) is 51.4 Å². The van der Waals surface area contributed by atoms with Gasteiger partial charge in [-0.3, -0.25) is 4.79 Å². The van der Waals surface area contributed by atoms with Crippen LogP contribution in [0.2, 0.25) is 0 Å². The molecule has 4 fully saturated rings. The molecule has 1 amide bonds. The van der Waals surface area contributed by atoms with Crippen molar-refractivity contribution in [1.82, 2.24) is 5.32 Å². The second-order valence-electron chi connectivity index (χ2n) is 8.90. The van der Waals surface area contributed by atoms with Gasteiger partial charge in [0.2, 0.25) is 5.91 Å².